The van der Waals surface area contributed by atoms with Crippen molar-refractivity contribution in [3.8, 4) is 0 Å². The van der Waals surface area contributed by atoms with E-state index in [-0.39, 0.29) is 11.9 Å². The molecule has 2 nitrogen and oxygen atoms in total. The number of halogens is 2. The monoisotopic (exact) mass is 365 g/mol. The quantitative estimate of drug-likeness (QED) is 0.799. The summed E-state index contributed by atoms with van der Waals surface area (Å²) in [5, 5.41) is 3.59. The lowest BCUT2D eigenvalue weighted by Crippen LogP contribution is -2.33. The normalized spacial score (nSPS) is 12.6. The number of carbonyl (C=O) groups excluding carboxylic acids is 1. The Bertz CT molecular complexity index is 406. The number of benzene rings is 1. The van der Waals surface area contributed by atoms with Gasteiger partial charge in [0.15, 0.2) is 0 Å². The van der Waals surface area contributed by atoms with E-state index >= 15 is 0 Å². The minimum Gasteiger partial charge on any atom is -0.350 e. The number of nitrogens with one attached hydrogen (secondary N) is 1. The second kappa shape index (κ2) is 6.59. The predicted octanol–water partition coefficient (Wildman–Crippen LogP) is 4.11. The second-order valence-corrected chi connectivity index (χ2v) is 6.20. The molecule has 0 aliphatic heterocycles. The van der Waals surface area contributed by atoms with E-state index in [0.29, 0.717) is 16.5 Å². The van der Waals surface area contributed by atoms with Gasteiger partial charge in [-0.2, -0.15) is 0 Å². The highest BCUT2D eigenvalue weighted by atomic mass is 127. The van der Waals surface area contributed by atoms with Gasteiger partial charge in [-0.15, -0.1) is 0 Å². The van der Waals surface area contributed by atoms with Crippen molar-refractivity contribution < 1.29 is 4.79 Å². The van der Waals surface area contributed by atoms with Crippen molar-refractivity contribution in [2.75, 3.05) is 0 Å². The maximum atomic E-state index is 11.9. The number of carbonyl (C=O) groups is 1. The lowest BCUT2D eigenvalue weighted by atomic mass is 10.0. The third-order valence-corrected chi connectivity index (χ3v) is 3.96. The molecule has 0 radical (unpaired) electrons. The Morgan fingerprint density at radius 2 is 2.06 bits per heavy atom. The van der Waals surface area contributed by atoms with Gasteiger partial charge in [0.1, 0.15) is 0 Å². The van der Waals surface area contributed by atoms with Gasteiger partial charge < -0.3 is 5.32 Å². The first-order valence-corrected chi connectivity index (χ1v) is 7.11. The molecule has 0 saturated carbocycles. The van der Waals surface area contributed by atoms with E-state index < -0.39 is 0 Å². The molecule has 1 N–H and O–H groups in total. The summed E-state index contributed by atoms with van der Waals surface area (Å²) < 4.78 is 0.955. The van der Waals surface area contributed by atoms with E-state index in [0.717, 1.165) is 9.99 Å². The molecule has 94 valence electrons. The molecular weight excluding hydrogens is 349 g/mol. The van der Waals surface area contributed by atoms with Gasteiger partial charge >= 0.3 is 0 Å². The molecule has 1 rings (SSSR count). The molecule has 17 heavy (non-hydrogen) atoms. The number of hydrogen-bond acceptors (Lipinski definition) is 1. The molecule has 0 bridgehead atoms. The molecule has 1 aromatic rings. The molecule has 0 aromatic heterocycles. The zero-order chi connectivity index (χ0) is 13.0. The summed E-state index contributed by atoms with van der Waals surface area (Å²) in [5.41, 5.74) is 0.617. The van der Waals surface area contributed by atoms with Crippen LogP contribution >= 0.6 is 34.2 Å². The molecule has 1 atom stereocenters. The van der Waals surface area contributed by atoms with Crippen molar-refractivity contribution in [1.82, 2.24) is 5.32 Å². The van der Waals surface area contributed by atoms with Crippen molar-refractivity contribution >= 4 is 40.1 Å². The Hall–Kier alpha value is -0.290. The fourth-order valence-electron chi connectivity index (χ4n) is 1.71. The first-order chi connectivity index (χ1) is 7.90. The van der Waals surface area contributed by atoms with E-state index in [2.05, 4.69) is 41.8 Å². The Balaban J connectivity index is 2.66. The fourth-order valence-corrected chi connectivity index (χ4v) is 2.23. The fraction of sp³-hybridized carbons (Fsp3) is 0.462. The van der Waals surface area contributed by atoms with Gasteiger partial charge in [-0.3, -0.25) is 4.79 Å². The largest absolute Gasteiger partial charge is 0.350 e. The lowest BCUT2D eigenvalue weighted by Gasteiger charge is -2.16. The van der Waals surface area contributed by atoms with Crippen LogP contribution in [0.5, 0.6) is 0 Å². The first-order valence-electron chi connectivity index (χ1n) is 5.66. The zero-order valence-corrected chi connectivity index (χ0v) is 13.2. The Morgan fingerprint density at radius 3 is 2.59 bits per heavy atom. The lowest BCUT2D eigenvalue weighted by molar-refractivity contribution is 0.0936. The minimum atomic E-state index is -0.0588. The number of amides is 1. The zero-order valence-electron chi connectivity index (χ0n) is 10.3. The predicted molar refractivity (Wildman–Crippen MR) is 80.6 cm³/mol. The molecule has 0 aliphatic rings. The highest BCUT2D eigenvalue weighted by molar-refractivity contribution is 14.1. The van der Waals surface area contributed by atoms with Crippen molar-refractivity contribution in [1.29, 1.82) is 0 Å². The van der Waals surface area contributed by atoms with Crippen LogP contribution in [0.1, 0.15) is 37.6 Å². The van der Waals surface area contributed by atoms with E-state index in [1.807, 2.05) is 13.0 Å². The maximum absolute atomic E-state index is 11.9. The Morgan fingerprint density at radius 1 is 1.41 bits per heavy atom. The van der Waals surface area contributed by atoms with Crippen LogP contribution in [0.25, 0.3) is 0 Å². The van der Waals surface area contributed by atoms with Crippen molar-refractivity contribution in [2.24, 2.45) is 5.92 Å². The third kappa shape index (κ3) is 4.84. The Kier molecular flexibility index (Phi) is 5.73. The molecule has 1 amide bonds. The summed E-state index contributed by atoms with van der Waals surface area (Å²) in [6.45, 7) is 6.31. The van der Waals surface area contributed by atoms with Gasteiger partial charge in [0, 0.05) is 15.2 Å². The summed E-state index contributed by atoms with van der Waals surface area (Å²) in [4.78, 5) is 11.9. The van der Waals surface area contributed by atoms with Crippen LogP contribution in [0.2, 0.25) is 5.02 Å². The molecule has 0 aliphatic carbocycles. The van der Waals surface area contributed by atoms with Crippen molar-refractivity contribution in [3.63, 3.8) is 0 Å². The average Bonchev–Trinajstić information content (AvgIpc) is 2.20. The van der Waals surface area contributed by atoms with Crippen LogP contribution in [0.4, 0.5) is 0 Å². The van der Waals surface area contributed by atoms with Crippen LogP contribution < -0.4 is 5.32 Å². The molecule has 0 heterocycles. The summed E-state index contributed by atoms with van der Waals surface area (Å²) in [7, 11) is 0. The SMILES string of the molecule is CC(C)CC(C)NC(=O)c1ccc(I)c(Cl)c1. The van der Waals surface area contributed by atoms with Gasteiger partial charge in [0.25, 0.3) is 5.91 Å². The molecule has 4 heteroatoms. The molecule has 0 spiro atoms. The molecule has 0 saturated heterocycles. The highest BCUT2D eigenvalue weighted by Crippen LogP contribution is 2.19. The van der Waals surface area contributed by atoms with E-state index in [1.54, 1.807) is 12.1 Å². The van der Waals surface area contributed by atoms with Crippen LogP contribution in [-0.4, -0.2) is 11.9 Å². The summed E-state index contributed by atoms with van der Waals surface area (Å²) in [6, 6.07) is 5.54. The van der Waals surface area contributed by atoms with Gasteiger partial charge in [-0.25, -0.2) is 0 Å². The maximum Gasteiger partial charge on any atom is 0.251 e. The molecule has 1 aromatic carbocycles. The second-order valence-electron chi connectivity index (χ2n) is 4.63. The first kappa shape index (κ1) is 14.8. The number of hydrogen-bond donors (Lipinski definition) is 1. The average molecular weight is 366 g/mol. The number of rotatable bonds is 4. The van der Waals surface area contributed by atoms with Gasteiger partial charge in [-0.05, 0) is 60.1 Å². The smallest absolute Gasteiger partial charge is 0.251 e. The molecule has 1 unspecified atom stereocenters. The topological polar surface area (TPSA) is 29.1 Å². The van der Waals surface area contributed by atoms with E-state index in [1.165, 1.54) is 0 Å². The highest BCUT2D eigenvalue weighted by Gasteiger charge is 2.11. The standard InChI is InChI=1S/C13H17ClINO/c1-8(2)6-9(3)16-13(17)10-4-5-12(15)11(14)7-10/h4-5,7-9H,6H2,1-3H3,(H,16,17). The summed E-state index contributed by atoms with van der Waals surface area (Å²) in [6.07, 6.45) is 0.976. The van der Waals surface area contributed by atoms with Crippen LogP contribution in [0.3, 0.4) is 0 Å². The third-order valence-electron chi connectivity index (χ3n) is 2.38. The minimum absolute atomic E-state index is 0.0588. The van der Waals surface area contributed by atoms with Crippen LogP contribution in [0, 0.1) is 9.49 Å². The van der Waals surface area contributed by atoms with E-state index in [9.17, 15) is 4.79 Å². The van der Waals surface area contributed by atoms with Gasteiger partial charge in [-0.1, -0.05) is 25.4 Å². The van der Waals surface area contributed by atoms with Gasteiger partial charge in [0.05, 0.1) is 5.02 Å². The summed E-state index contributed by atoms with van der Waals surface area (Å²) in [5.74, 6) is 0.516. The Labute approximate surface area is 121 Å². The van der Waals surface area contributed by atoms with Crippen molar-refractivity contribution in [3.05, 3.63) is 32.4 Å². The van der Waals surface area contributed by atoms with Crippen LogP contribution in [0.15, 0.2) is 18.2 Å². The molecular formula is C13H17ClINO. The van der Waals surface area contributed by atoms with Gasteiger partial charge in [0.2, 0.25) is 0 Å². The van der Waals surface area contributed by atoms with Crippen LogP contribution in [-0.2, 0) is 0 Å². The summed E-state index contributed by atoms with van der Waals surface area (Å²) >= 11 is 8.13. The molecule has 0 fully saturated rings. The van der Waals surface area contributed by atoms with Crippen molar-refractivity contribution in [2.45, 2.75) is 33.2 Å². The van der Waals surface area contributed by atoms with E-state index in [4.69, 9.17) is 11.6 Å².